The number of rotatable bonds is 72. The maximum atomic E-state index is 13.1. The van der Waals surface area contributed by atoms with Crippen molar-refractivity contribution < 1.29 is 32.9 Å². The number of phosphoric acid groups is 1. The van der Waals surface area contributed by atoms with Crippen LogP contribution in [0.15, 0.2) is 24.3 Å². The fourth-order valence-corrected chi connectivity index (χ4v) is 12.7. The van der Waals surface area contributed by atoms with Gasteiger partial charge in [0.2, 0.25) is 5.91 Å². The van der Waals surface area contributed by atoms with Gasteiger partial charge in [0.05, 0.1) is 39.9 Å². The fourth-order valence-electron chi connectivity index (χ4n) is 12.0. The Labute approximate surface area is 532 Å². The molecule has 0 aromatic carbocycles. The fraction of sp³-hybridized carbons (Fsp3) is 0.934. The number of aliphatic hydroxyl groups is 1. The van der Waals surface area contributed by atoms with E-state index in [1.165, 1.54) is 334 Å². The Bertz CT molecular complexity index is 1430. The van der Waals surface area contributed by atoms with Crippen molar-refractivity contribution in [1.82, 2.24) is 5.32 Å². The molecular formula is C76H151N2O6P. The van der Waals surface area contributed by atoms with Crippen LogP contribution in [0.2, 0.25) is 0 Å². The largest absolute Gasteiger partial charge is 0.756 e. The monoisotopic (exact) mass is 1220 g/mol. The van der Waals surface area contributed by atoms with E-state index in [2.05, 4.69) is 43.5 Å². The number of amides is 1. The first kappa shape index (κ1) is 84.0. The molecule has 3 unspecified atom stereocenters. The Morgan fingerprint density at radius 3 is 0.976 bits per heavy atom. The van der Waals surface area contributed by atoms with Crippen molar-refractivity contribution in [2.24, 2.45) is 0 Å². The summed E-state index contributed by atoms with van der Waals surface area (Å²) in [5, 5.41) is 14.1. The van der Waals surface area contributed by atoms with Crippen LogP contribution in [0.25, 0.3) is 0 Å². The van der Waals surface area contributed by atoms with Gasteiger partial charge in [-0.2, -0.15) is 0 Å². The molecule has 8 nitrogen and oxygen atoms in total. The van der Waals surface area contributed by atoms with E-state index in [0.717, 1.165) is 44.9 Å². The average molecular weight is 1220 g/mol. The highest BCUT2D eigenvalue weighted by Crippen LogP contribution is 2.38. The topological polar surface area (TPSA) is 108 Å². The van der Waals surface area contributed by atoms with Crippen molar-refractivity contribution in [3.05, 3.63) is 24.3 Å². The molecule has 85 heavy (non-hydrogen) atoms. The predicted octanol–water partition coefficient (Wildman–Crippen LogP) is 24.0. The molecule has 0 aromatic rings. The molecule has 0 aliphatic carbocycles. The van der Waals surface area contributed by atoms with Gasteiger partial charge in [-0.1, -0.05) is 378 Å². The van der Waals surface area contributed by atoms with E-state index in [-0.39, 0.29) is 19.1 Å². The first-order chi connectivity index (χ1) is 41.5. The molecule has 2 N–H and O–H groups in total. The second-order valence-corrected chi connectivity index (χ2v) is 29.1. The molecule has 0 aromatic heterocycles. The molecular weight excluding hydrogens is 1070 g/mol. The van der Waals surface area contributed by atoms with Crippen LogP contribution in [-0.4, -0.2) is 68.5 Å². The molecule has 0 saturated carbocycles. The number of nitrogens with zero attached hydrogens (tertiary/aromatic N) is 1. The minimum Gasteiger partial charge on any atom is -0.756 e. The summed E-state index contributed by atoms with van der Waals surface area (Å²) in [6.45, 7) is 4.78. The summed E-state index contributed by atoms with van der Waals surface area (Å²) in [5.41, 5.74) is 0. The van der Waals surface area contributed by atoms with E-state index < -0.39 is 20.0 Å². The highest BCUT2D eigenvalue weighted by atomic mass is 31.2. The van der Waals surface area contributed by atoms with Gasteiger partial charge in [-0.15, -0.1) is 0 Å². The molecule has 3 atom stereocenters. The van der Waals surface area contributed by atoms with Gasteiger partial charge >= 0.3 is 0 Å². The molecule has 0 aliphatic heterocycles. The minimum absolute atomic E-state index is 0.0156. The summed E-state index contributed by atoms with van der Waals surface area (Å²) < 4.78 is 23.6. The number of aliphatic hydroxyl groups excluding tert-OH is 1. The quantitative estimate of drug-likeness (QED) is 0.0272. The normalized spacial score (nSPS) is 13.6. The SMILES string of the molecule is CCCCCCC/C=C\C/C=C\CCCCCCCCCCCCCCCCCCCCCCCCCC(=O)NC(COP(=O)([O-])OCC[N+](C)(C)C)C(O)CCCCCCCCCCCCCCCCCCCCCCCCCCCCCC. The first-order valence-electron chi connectivity index (χ1n) is 38.2. The van der Waals surface area contributed by atoms with Gasteiger partial charge in [0.1, 0.15) is 13.2 Å². The molecule has 0 fully saturated rings. The summed E-state index contributed by atoms with van der Waals surface area (Å²) in [6, 6.07) is -0.800. The Balaban J connectivity index is 3.93. The minimum atomic E-state index is -4.58. The zero-order valence-corrected chi connectivity index (χ0v) is 59.0. The third-order valence-electron chi connectivity index (χ3n) is 17.9. The number of nitrogens with one attached hydrogen (secondary N) is 1. The van der Waals surface area contributed by atoms with Crippen LogP contribution < -0.4 is 10.2 Å². The van der Waals surface area contributed by atoms with Crippen molar-refractivity contribution in [2.45, 2.75) is 418 Å². The van der Waals surface area contributed by atoms with Crippen molar-refractivity contribution in [1.29, 1.82) is 0 Å². The third kappa shape index (κ3) is 70.3. The molecule has 0 spiro atoms. The molecule has 1 amide bonds. The Morgan fingerprint density at radius 2 is 0.682 bits per heavy atom. The molecule has 0 aliphatic rings. The maximum Gasteiger partial charge on any atom is 0.268 e. The summed E-state index contributed by atoms with van der Waals surface area (Å²) in [7, 11) is 1.33. The van der Waals surface area contributed by atoms with E-state index in [1.807, 2.05) is 21.1 Å². The highest BCUT2D eigenvalue weighted by molar-refractivity contribution is 7.45. The predicted molar refractivity (Wildman–Crippen MR) is 372 cm³/mol. The van der Waals surface area contributed by atoms with E-state index in [9.17, 15) is 19.4 Å². The Morgan fingerprint density at radius 1 is 0.412 bits per heavy atom. The number of unbranched alkanes of at least 4 members (excludes halogenated alkanes) is 55. The van der Waals surface area contributed by atoms with Crippen molar-refractivity contribution in [3.8, 4) is 0 Å². The number of hydrogen-bond donors (Lipinski definition) is 2. The van der Waals surface area contributed by atoms with Gasteiger partial charge in [-0.25, -0.2) is 0 Å². The first-order valence-corrected chi connectivity index (χ1v) is 39.6. The van der Waals surface area contributed by atoms with Gasteiger partial charge in [0.15, 0.2) is 0 Å². The Kier molecular flexibility index (Phi) is 66.6. The average Bonchev–Trinajstić information content (AvgIpc) is 3.48. The van der Waals surface area contributed by atoms with Gasteiger partial charge < -0.3 is 28.8 Å². The van der Waals surface area contributed by atoms with Crippen molar-refractivity contribution in [3.63, 3.8) is 0 Å². The molecule has 506 valence electrons. The van der Waals surface area contributed by atoms with Gasteiger partial charge in [-0.05, 0) is 44.9 Å². The van der Waals surface area contributed by atoms with Crippen LogP contribution in [0.5, 0.6) is 0 Å². The molecule has 0 heterocycles. The van der Waals surface area contributed by atoms with Crippen molar-refractivity contribution in [2.75, 3.05) is 40.9 Å². The number of hydrogen-bond acceptors (Lipinski definition) is 6. The van der Waals surface area contributed by atoms with E-state index in [4.69, 9.17) is 9.05 Å². The number of likely N-dealkylation sites (N-methyl/N-ethyl adjacent to an activating group) is 1. The molecule has 0 radical (unpaired) electrons. The third-order valence-corrected chi connectivity index (χ3v) is 18.9. The summed E-state index contributed by atoms with van der Waals surface area (Å²) in [5.74, 6) is -0.154. The number of carbonyl (C=O) groups excluding carboxylic acids is 1. The number of allylic oxidation sites excluding steroid dienone is 4. The van der Waals surface area contributed by atoms with Crippen LogP contribution in [0.1, 0.15) is 406 Å². The molecule has 0 rings (SSSR count). The Hall–Kier alpha value is -1.02. The van der Waals surface area contributed by atoms with E-state index >= 15 is 0 Å². The smallest absolute Gasteiger partial charge is 0.268 e. The molecule has 0 saturated heterocycles. The van der Waals surface area contributed by atoms with E-state index in [0.29, 0.717) is 23.9 Å². The van der Waals surface area contributed by atoms with Crippen LogP contribution in [0.4, 0.5) is 0 Å². The lowest BCUT2D eigenvalue weighted by Gasteiger charge is -2.30. The van der Waals surface area contributed by atoms with Crippen LogP contribution in [-0.2, 0) is 18.4 Å². The van der Waals surface area contributed by atoms with Crippen LogP contribution in [0, 0.1) is 0 Å². The summed E-state index contributed by atoms with van der Waals surface area (Å²) in [6.07, 6.45) is 88.5. The van der Waals surface area contributed by atoms with Gasteiger partial charge in [0.25, 0.3) is 7.82 Å². The standard InChI is InChI=1S/C76H151N2O6P/c1-6-8-10-12-14-16-18-20-22-24-26-28-30-32-34-36-37-38-39-40-41-42-44-46-48-50-52-54-56-58-60-62-64-66-68-70-76(80)77-74(73-84-85(81,82)83-72-71-78(3,4)5)75(79)69-67-65-63-61-59-57-55-53-51-49-47-45-43-35-33-31-29-27-25-23-21-19-17-15-13-11-9-7-2/h18,20,24,26,74-75,79H,6-17,19,21-23,25,27-73H2,1-5H3,(H-,77,80,81,82)/b20-18-,26-24-. The van der Waals surface area contributed by atoms with Crippen molar-refractivity contribution >= 4 is 13.7 Å². The van der Waals surface area contributed by atoms with Gasteiger partial charge in [-0.3, -0.25) is 9.36 Å². The van der Waals surface area contributed by atoms with Crippen LogP contribution >= 0.6 is 7.82 Å². The zero-order valence-electron chi connectivity index (χ0n) is 58.1. The summed E-state index contributed by atoms with van der Waals surface area (Å²) >= 11 is 0. The lowest BCUT2D eigenvalue weighted by molar-refractivity contribution is -0.870. The lowest BCUT2D eigenvalue weighted by Crippen LogP contribution is -2.46. The number of phosphoric ester groups is 1. The number of quaternary nitrogens is 1. The zero-order chi connectivity index (χ0) is 61.9. The lowest BCUT2D eigenvalue weighted by atomic mass is 10.0. The molecule has 0 bridgehead atoms. The second kappa shape index (κ2) is 67.4. The highest BCUT2D eigenvalue weighted by Gasteiger charge is 2.24. The maximum absolute atomic E-state index is 13.1. The van der Waals surface area contributed by atoms with E-state index in [1.54, 1.807) is 0 Å². The van der Waals surface area contributed by atoms with Gasteiger partial charge in [0, 0.05) is 6.42 Å². The second-order valence-electron chi connectivity index (χ2n) is 27.7. The molecule has 9 heteroatoms. The van der Waals surface area contributed by atoms with Crippen LogP contribution in [0.3, 0.4) is 0 Å². The summed E-state index contributed by atoms with van der Waals surface area (Å²) in [4.78, 5) is 25.7. The number of carbonyl (C=O) groups is 1.